The Morgan fingerprint density at radius 2 is 2.05 bits per heavy atom. The lowest BCUT2D eigenvalue weighted by Crippen LogP contribution is -2.24. The first-order chi connectivity index (χ1) is 9.12. The maximum Gasteiger partial charge on any atom is 0.242 e. The lowest BCUT2D eigenvalue weighted by Gasteiger charge is -2.06. The molecule has 2 heterocycles. The van der Waals surface area contributed by atoms with Crippen molar-refractivity contribution in [2.24, 2.45) is 5.84 Å². The van der Waals surface area contributed by atoms with E-state index < -0.39 is 10.0 Å². The van der Waals surface area contributed by atoms with Gasteiger partial charge in [-0.1, -0.05) is 0 Å². The second-order valence-electron chi connectivity index (χ2n) is 3.55. The van der Waals surface area contributed by atoms with E-state index in [0.717, 1.165) is 0 Å². The van der Waals surface area contributed by atoms with Crippen molar-refractivity contribution in [2.75, 3.05) is 5.43 Å². The molecular weight excluding hydrogens is 268 g/mol. The number of hydrazine groups is 1. The summed E-state index contributed by atoms with van der Waals surface area (Å²) in [5, 5.41) is 0. The molecule has 0 radical (unpaired) electrons. The number of nitrogens with zero attached hydrogens (tertiary/aromatic N) is 3. The number of anilines is 1. The molecule has 0 aliphatic heterocycles. The van der Waals surface area contributed by atoms with Crippen LogP contribution in [-0.4, -0.2) is 23.4 Å². The molecule has 4 N–H and O–H groups in total. The summed E-state index contributed by atoms with van der Waals surface area (Å²) in [6, 6.07) is 4.51. The Labute approximate surface area is 110 Å². The monoisotopic (exact) mass is 280 g/mol. The standard InChI is InChI=1S/C10H12N6O2S/c11-16-10-2-1-9(6-13-10)19(17,18)15-5-8-3-4-12-7-14-8/h1-4,6-7,15H,5,11H2,(H,13,16). The van der Waals surface area contributed by atoms with Gasteiger partial charge in [0.2, 0.25) is 10.0 Å². The van der Waals surface area contributed by atoms with Crippen molar-refractivity contribution in [1.82, 2.24) is 19.7 Å². The molecule has 2 aromatic rings. The van der Waals surface area contributed by atoms with E-state index in [9.17, 15) is 8.42 Å². The summed E-state index contributed by atoms with van der Waals surface area (Å²) in [6.07, 6.45) is 4.12. The summed E-state index contributed by atoms with van der Waals surface area (Å²) in [7, 11) is -3.62. The number of nitrogens with two attached hydrogens (primary N) is 1. The molecule has 0 aromatic carbocycles. The van der Waals surface area contributed by atoms with Crippen molar-refractivity contribution < 1.29 is 8.42 Å². The highest BCUT2D eigenvalue weighted by molar-refractivity contribution is 7.89. The van der Waals surface area contributed by atoms with Crippen LogP contribution in [0.3, 0.4) is 0 Å². The molecule has 0 aliphatic rings. The Kier molecular flexibility index (Phi) is 4.00. The minimum atomic E-state index is -3.62. The first-order valence-corrected chi connectivity index (χ1v) is 6.77. The molecule has 0 unspecified atom stereocenters. The Hall–Kier alpha value is -2.10. The number of hydrogen-bond donors (Lipinski definition) is 3. The molecule has 0 atom stereocenters. The van der Waals surface area contributed by atoms with Crippen LogP contribution in [-0.2, 0) is 16.6 Å². The molecule has 100 valence electrons. The number of aromatic nitrogens is 3. The van der Waals surface area contributed by atoms with Gasteiger partial charge < -0.3 is 5.43 Å². The Balaban J connectivity index is 2.09. The van der Waals surface area contributed by atoms with Crippen molar-refractivity contribution in [1.29, 1.82) is 0 Å². The summed E-state index contributed by atoms with van der Waals surface area (Å²) in [5.41, 5.74) is 2.90. The van der Waals surface area contributed by atoms with Gasteiger partial charge in [-0.2, -0.15) is 0 Å². The summed E-state index contributed by atoms with van der Waals surface area (Å²) in [6.45, 7) is 0.0851. The number of hydrogen-bond acceptors (Lipinski definition) is 7. The van der Waals surface area contributed by atoms with Crippen molar-refractivity contribution in [3.8, 4) is 0 Å². The second-order valence-corrected chi connectivity index (χ2v) is 5.32. The minimum Gasteiger partial charge on any atom is -0.308 e. The summed E-state index contributed by atoms with van der Waals surface area (Å²) in [4.78, 5) is 11.6. The molecule has 8 nitrogen and oxygen atoms in total. The molecule has 0 saturated carbocycles. The first-order valence-electron chi connectivity index (χ1n) is 5.29. The Bertz CT molecular complexity index is 629. The summed E-state index contributed by atoms with van der Waals surface area (Å²) >= 11 is 0. The molecule has 2 rings (SSSR count). The van der Waals surface area contributed by atoms with Crippen LogP contribution >= 0.6 is 0 Å². The maximum absolute atomic E-state index is 12.0. The third-order valence-electron chi connectivity index (χ3n) is 2.28. The van der Waals surface area contributed by atoms with Gasteiger partial charge in [0.05, 0.1) is 12.2 Å². The summed E-state index contributed by atoms with van der Waals surface area (Å²) < 4.78 is 26.3. The topological polar surface area (TPSA) is 123 Å². The highest BCUT2D eigenvalue weighted by atomic mass is 32.2. The average molecular weight is 280 g/mol. The van der Waals surface area contributed by atoms with Crippen molar-refractivity contribution in [3.05, 3.63) is 42.6 Å². The molecule has 9 heteroatoms. The van der Waals surface area contributed by atoms with Gasteiger partial charge in [-0.3, -0.25) is 0 Å². The van der Waals surface area contributed by atoms with Crippen LogP contribution in [0.4, 0.5) is 5.82 Å². The Morgan fingerprint density at radius 3 is 2.63 bits per heavy atom. The van der Waals surface area contributed by atoms with Crippen molar-refractivity contribution >= 4 is 15.8 Å². The fourth-order valence-corrected chi connectivity index (χ4v) is 2.24. The van der Waals surface area contributed by atoms with E-state index in [1.807, 2.05) is 0 Å². The largest absolute Gasteiger partial charge is 0.308 e. The number of rotatable bonds is 5. The van der Waals surface area contributed by atoms with E-state index in [4.69, 9.17) is 5.84 Å². The van der Waals surface area contributed by atoms with Crippen LogP contribution in [0, 0.1) is 0 Å². The zero-order valence-corrected chi connectivity index (χ0v) is 10.6. The lowest BCUT2D eigenvalue weighted by atomic mass is 10.4. The molecule has 0 bridgehead atoms. The van der Waals surface area contributed by atoms with Gasteiger partial charge in [-0.25, -0.2) is 33.9 Å². The van der Waals surface area contributed by atoms with Gasteiger partial charge in [0.15, 0.2) is 0 Å². The summed E-state index contributed by atoms with van der Waals surface area (Å²) in [5.74, 6) is 5.54. The Morgan fingerprint density at radius 1 is 1.21 bits per heavy atom. The third kappa shape index (κ3) is 3.44. The molecule has 0 amide bonds. The molecule has 0 spiro atoms. The number of nitrogens with one attached hydrogen (secondary N) is 2. The van der Waals surface area contributed by atoms with Gasteiger partial charge >= 0.3 is 0 Å². The van der Waals surface area contributed by atoms with E-state index in [1.54, 1.807) is 12.3 Å². The van der Waals surface area contributed by atoms with Gasteiger partial charge in [-0.05, 0) is 18.2 Å². The van der Waals surface area contributed by atoms with Crippen LogP contribution in [0.15, 0.2) is 41.8 Å². The quantitative estimate of drug-likeness (QED) is 0.504. The number of nitrogen functional groups attached to an aromatic ring is 1. The molecule has 0 aliphatic carbocycles. The molecular formula is C10H12N6O2S. The molecule has 19 heavy (non-hydrogen) atoms. The smallest absolute Gasteiger partial charge is 0.242 e. The van der Waals surface area contributed by atoms with E-state index >= 15 is 0 Å². The van der Waals surface area contributed by atoms with Gasteiger partial charge in [0, 0.05) is 12.4 Å². The van der Waals surface area contributed by atoms with Crippen LogP contribution in [0.25, 0.3) is 0 Å². The van der Waals surface area contributed by atoms with Crippen LogP contribution in [0.5, 0.6) is 0 Å². The lowest BCUT2D eigenvalue weighted by molar-refractivity contribution is 0.580. The number of sulfonamides is 1. The van der Waals surface area contributed by atoms with Gasteiger partial charge in [0.25, 0.3) is 0 Å². The molecule has 0 fully saturated rings. The number of pyridine rings is 1. The minimum absolute atomic E-state index is 0.0561. The predicted molar refractivity (Wildman–Crippen MR) is 68.1 cm³/mol. The van der Waals surface area contributed by atoms with Gasteiger partial charge in [-0.15, -0.1) is 0 Å². The fourth-order valence-electron chi connectivity index (χ4n) is 1.30. The normalized spacial score (nSPS) is 11.2. The van der Waals surface area contributed by atoms with Crippen molar-refractivity contribution in [2.45, 2.75) is 11.4 Å². The third-order valence-corrected chi connectivity index (χ3v) is 3.67. The van der Waals surface area contributed by atoms with E-state index in [2.05, 4.69) is 25.1 Å². The second kappa shape index (κ2) is 5.69. The van der Waals surface area contributed by atoms with E-state index in [-0.39, 0.29) is 11.4 Å². The van der Waals surface area contributed by atoms with E-state index in [0.29, 0.717) is 11.5 Å². The average Bonchev–Trinajstić information content (AvgIpc) is 2.46. The SMILES string of the molecule is NNc1ccc(S(=O)(=O)NCc2ccncn2)cn1. The predicted octanol–water partition coefficient (Wildman–Crippen LogP) is -0.364. The maximum atomic E-state index is 12.0. The van der Waals surface area contributed by atoms with Crippen LogP contribution in [0.1, 0.15) is 5.69 Å². The van der Waals surface area contributed by atoms with Crippen LogP contribution < -0.4 is 16.0 Å². The van der Waals surface area contributed by atoms with Crippen molar-refractivity contribution in [3.63, 3.8) is 0 Å². The first kappa shape index (κ1) is 13.3. The zero-order valence-electron chi connectivity index (χ0n) is 9.81. The highest BCUT2D eigenvalue weighted by Gasteiger charge is 2.14. The van der Waals surface area contributed by atoms with E-state index in [1.165, 1.54) is 24.7 Å². The zero-order chi connectivity index (χ0) is 13.7. The van der Waals surface area contributed by atoms with Gasteiger partial charge in [0.1, 0.15) is 17.0 Å². The van der Waals surface area contributed by atoms with Crippen LogP contribution in [0.2, 0.25) is 0 Å². The molecule has 2 aromatic heterocycles. The molecule has 0 saturated heterocycles. The fraction of sp³-hybridized carbons (Fsp3) is 0.100. The highest BCUT2D eigenvalue weighted by Crippen LogP contribution is 2.10.